The van der Waals surface area contributed by atoms with Gasteiger partial charge in [0.1, 0.15) is 6.29 Å². The Kier molecular flexibility index (Phi) is 3.34. The molecule has 64 valence electrons. The topological polar surface area (TPSA) is 83.5 Å². The first kappa shape index (κ1) is 10.2. The molecule has 0 saturated heterocycles. The molecule has 2 atom stereocenters. The van der Waals surface area contributed by atoms with Gasteiger partial charge in [0.2, 0.25) is 0 Å². The quantitative estimate of drug-likeness (QED) is 0.240. The van der Waals surface area contributed by atoms with Crippen molar-refractivity contribution in [2.24, 2.45) is 0 Å². The Bertz CT molecular complexity index is 201. The number of methoxy groups -OCH3 is 1. The van der Waals surface area contributed by atoms with Gasteiger partial charge in [-0.1, -0.05) is 0 Å². The highest BCUT2D eigenvalue weighted by Crippen LogP contribution is 2.10. The highest BCUT2D eigenvalue weighted by atomic mass is 32.2. The van der Waals surface area contributed by atoms with Gasteiger partial charge in [-0.25, -0.2) is 0 Å². The van der Waals surface area contributed by atoms with Crippen LogP contribution in [0.2, 0.25) is 0 Å². The SMILES string of the molecule is COC(=O)C(C)(C=O)S(=O)[O-]. The van der Waals surface area contributed by atoms with Crippen LogP contribution in [0.15, 0.2) is 0 Å². The summed E-state index contributed by atoms with van der Waals surface area (Å²) in [4.78, 5) is 20.8. The molecule has 0 heterocycles. The lowest BCUT2D eigenvalue weighted by atomic mass is 10.2. The van der Waals surface area contributed by atoms with Gasteiger partial charge in [0.25, 0.3) is 0 Å². The van der Waals surface area contributed by atoms with Gasteiger partial charge in [-0.05, 0) is 18.0 Å². The zero-order valence-electron chi connectivity index (χ0n) is 6.03. The Hall–Kier alpha value is -0.750. The van der Waals surface area contributed by atoms with E-state index in [4.69, 9.17) is 0 Å². The molecule has 0 aromatic rings. The first-order valence-corrected chi connectivity index (χ1v) is 3.70. The number of hydrogen-bond acceptors (Lipinski definition) is 5. The van der Waals surface area contributed by atoms with Crippen LogP contribution in [0.5, 0.6) is 0 Å². The Balaban J connectivity index is 4.74. The average molecular weight is 179 g/mol. The van der Waals surface area contributed by atoms with E-state index >= 15 is 0 Å². The van der Waals surface area contributed by atoms with E-state index in [1.54, 1.807) is 0 Å². The van der Waals surface area contributed by atoms with Crippen molar-refractivity contribution in [3.8, 4) is 0 Å². The molecule has 0 aliphatic carbocycles. The van der Waals surface area contributed by atoms with Crippen molar-refractivity contribution >= 4 is 23.3 Å². The summed E-state index contributed by atoms with van der Waals surface area (Å²) in [6.45, 7) is 0.967. The summed E-state index contributed by atoms with van der Waals surface area (Å²) in [5.41, 5.74) is 0. The minimum atomic E-state index is -2.79. The van der Waals surface area contributed by atoms with E-state index < -0.39 is 21.8 Å². The van der Waals surface area contributed by atoms with Gasteiger partial charge < -0.3 is 14.1 Å². The molecule has 5 nitrogen and oxygen atoms in total. The van der Waals surface area contributed by atoms with Gasteiger partial charge in [-0.2, -0.15) is 0 Å². The highest BCUT2D eigenvalue weighted by molar-refractivity contribution is 7.82. The number of esters is 1. The third-order valence-corrected chi connectivity index (χ3v) is 2.12. The summed E-state index contributed by atoms with van der Waals surface area (Å²) in [6.07, 6.45) is 0.0297. The molecule has 2 unspecified atom stereocenters. The van der Waals surface area contributed by atoms with Crippen LogP contribution < -0.4 is 0 Å². The molecule has 11 heavy (non-hydrogen) atoms. The van der Waals surface area contributed by atoms with Crippen molar-refractivity contribution in [2.45, 2.75) is 11.7 Å². The molecule has 6 heteroatoms. The predicted molar refractivity (Wildman–Crippen MR) is 35.4 cm³/mol. The number of hydrogen-bond donors (Lipinski definition) is 0. The van der Waals surface area contributed by atoms with Crippen LogP contribution >= 0.6 is 0 Å². The summed E-state index contributed by atoms with van der Waals surface area (Å²) >= 11 is -2.79. The monoisotopic (exact) mass is 179 g/mol. The first-order chi connectivity index (χ1) is 4.99. The second-order valence-electron chi connectivity index (χ2n) is 1.95. The Morgan fingerprint density at radius 3 is 2.27 bits per heavy atom. The van der Waals surface area contributed by atoms with E-state index in [9.17, 15) is 18.4 Å². The number of aldehydes is 1. The van der Waals surface area contributed by atoms with Gasteiger partial charge >= 0.3 is 5.97 Å². The van der Waals surface area contributed by atoms with Crippen LogP contribution in [0.25, 0.3) is 0 Å². The number of carbonyl (C=O) groups is 2. The minimum absolute atomic E-state index is 0.0297. The fraction of sp³-hybridized carbons (Fsp3) is 0.600. The van der Waals surface area contributed by atoms with E-state index in [2.05, 4.69) is 4.74 Å². The van der Waals surface area contributed by atoms with Gasteiger partial charge in [0, 0.05) is 0 Å². The van der Waals surface area contributed by atoms with Crippen LogP contribution in [0, 0.1) is 0 Å². The number of ether oxygens (including phenoxy) is 1. The maximum absolute atomic E-state index is 10.7. The zero-order valence-corrected chi connectivity index (χ0v) is 6.84. The number of carbonyl (C=O) groups excluding carboxylic acids is 2. The maximum Gasteiger partial charge on any atom is 0.330 e. The average Bonchev–Trinajstić information content (AvgIpc) is 2.01. The van der Waals surface area contributed by atoms with Crippen molar-refractivity contribution < 1.29 is 23.1 Å². The molecule has 0 rings (SSSR count). The Labute approximate surface area is 66.0 Å². The summed E-state index contributed by atoms with van der Waals surface area (Å²) in [7, 11) is 1.01. The molecule has 0 bridgehead atoms. The second kappa shape index (κ2) is 3.59. The van der Waals surface area contributed by atoms with Crippen LogP contribution in [-0.2, 0) is 25.4 Å². The largest absolute Gasteiger partial charge is 0.771 e. The standard InChI is InChI=1S/C5H8O5S/c1-5(3-6,11(8)9)4(7)10-2/h3H,1-2H3,(H,8,9)/p-1. The molecule has 0 aliphatic rings. The Morgan fingerprint density at radius 1 is 1.73 bits per heavy atom. The smallest absolute Gasteiger partial charge is 0.330 e. The lowest BCUT2D eigenvalue weighted by Crippen LogP contribution is -2.42. The van der Waals surface area contributed by atoms with Crippen molar-refractivity contribution in [1.29, 1.82) is 0 Å². The van der Waals surface area contributed by atoms with Gasteiger partial charge in [0.15, 0.2) is 4.75 Å². The van der Waals surface area contributed by atoms with Crippen molar-refractivity contribution in [2.75, 3.05) is 7.11 Å². The van der Waals surface area contributed by atoms with Gasteiger partial charge in [-0.15, -0.1) is 0 Å². The molecule has 0 fully saturated rings. The fourth-order valence-electron chi connectivity index (χ4n) is 0.358. The van der Waals surface area contributed by atoms with Crippen LogP contribution in [0.1, 0.15) is 6.92 Å². The van der Waals surface area contributed by atoms with Crippen LogP contribution in [0.3, 0.4) is 0 Å². The normalized spacial score (nSPS) is 18.1. The third kappa shape index (κ3) is 1.84. The molecule has 0 amide bonds. The fourth-order valence-corrected chi connectivity index (χ4v) is 0.656. The van der Waals surface area contributed by atoms with E-state index in [0.29, 0.717) is 0 Å². The van der Waals surface area contributed by atoms with Crippen molar-refractivity contribution in [3.63, 3.8) is 0 Å². The van der Waals surface area contributed by atoms with Crippen molar-refractivity contribution in [3.05, 3.63) is 0 Å². The first-order valence-electron chi connectivity index (χ1n) is 2.63. The summed E-state index contributed by atoms with van der Waals surface area (Å²) in [6, 6.07) is 0. The van der Waals surface area contributed by atoms with E-state index in [1.165, 1.54) is 0 Å². The van der Waals surface area contributed by atoms with Gasteiger partial charge in [0.05, 0.1) is 7.11 Å². The van der Waals surface area contributed by atoms with E-state index in [0.717, 1.165) is 14.0 Å². The summed E-state index contributed by atoms with van der Waals surface area (Å²) < 4.78 is 22.7. The number of rotatable bonds is 3. The van der Waals surface area contributed by atoms with Crippen LogP contribution in [0.4, 0.5) is 0 Å². The lowest BCUT2D eigenvalue weighted by Gasteiger charge is -2.21. The molecular weight excluding hydrogens is 172 g/mol. The molecular formula is C5H7O5S-. The van der Waals surface area contributed by atoms with E-state index in [-0.39, 0.29) is 6.29 Å². The van der Waals surface area contributed by atoms with E-state index in [1.807, 2.05) is 0 Å². The molecule has 0 N–H and O–H groups in total. The molecule has 0 saturated carbocycles. The predicted octanol–water partition coefficient (Wildman–Crippen LogP) is -1.00. The zero-order chi connectivity index (χ0) is 9.07. The summed E-state index contributed by atoms with van der Waals surface area (Å²) in [5.74, 6) is -1.08. The second-order valence-corrected chi connectivity index (χ2v) is 3.27. The third-order valence-electron chi connectivity index (χ3n) is 1.16. The van der Waals surface area contributed by atoms with Crippen molar-refractivity contribution in [1.82, 2.24) is 0 Å². The molecule has 0 aromatic carbocycles. The molecule has 0 aliphatic heterocycles. The maximum atomic E-state index is 10.7. The van der Waals surface area contributed by atoms with Gasteiger partial charge in [-0.3, -0.25) is 9.00 Å². The Morgan fingerprint density at radius 2 is 2.18 bits per heavy atom. The lowest BCUT2D eigenvalue weighted by molar-refractivity contribution is -0.144. The summed E-state index contributed by atoms with van der Waals surface area (Å²) in [5, 5.41) is 0. The molecule has 0 aromatic heterocycles. The molecule has 0 radical (unpaired) electrons. The van der Waals surface area contributed by atoms with Crippen LogP contribution in [-0.4, -0.2) is 32.9 Å². The molecule has 0 spiro atoms. The minimum Gasteiger partial charge on any atom is -0.771 e. The highest BCUT2D eigenvalue weighted by Gasteiger charge is 2.35.